The summed E-state index contributed by atoms with van der Waals surface area (Å²) in [5.41, 5.74) is 11.4. The SMILES string of the molecule is Cc1oc(-c2ccc(C(N)=O)cc2)nc1C(N)=O. The summed E-state index contributed by atoms with van der Waals surface area (Å²) in [6.45, 7) is 1.61. The van der Waals surface area contributed by atoms with Gasteiger partial charge in [0.15, 0.2) is 5.69 Å². The zero-order valence-corrected chi connectivity index (χ0v) is 9.64. The summed E-state index contributed by atoms with van der Waals surface area (Å²) in [4.78, 5) is 26.0. The van der Waals surface area contributed by atoms with E-state index in [1.54, 1.807) is 31.2 Å². The Morgan fingerprint density at radius 3 is 2.17 bits per heavy atom. The van der Waals surface area contributed by atoms with E-state index in [0.29, 0.717) is 16.9 Å². The normalized spacial score (nSPS) is 10.3. The zero-order chi connectivity index (χ0) is 13.3. The summed E-state index contributed by atoms with van der Waals surface area (Å²) in [5.74, 6) is -0.520. The molecule has 92 valence electrons. The predicted octanol–water partition coefficient (Wildman–Crippen LogP) is 0.848. The number of carbonyl (C=O) groups is 2. The van der Waals surface area contributed by atoms with Crippen molar-refractivity contribution >= 4 is 11.8 Å². The number of rotatable bonds is 3. The lowest BCUT2D eigenvalue weighted by Crippen LogP contribution is -2.12. The number of hydrogen-bond acceptors (Lipinski definition) is 4. The molecular formula is C12H11N3O3. The van der Waals surface area contributed by atoms with Crippen LogP contribution in [-0.4, -0.2) is 16.8 Å². The molecule has 1 aromatic carbocycles. The largest absolute Gasteiger partial charge is 0.441 e. The summed E-state index contributed by atoms with van der Waals surface area (Å²) < 4.78 is 5.33. The molecule has 6 heteroatoms. The lowest BCUT2D eigenvalue weighted by atomic mass is 10.1. The topological polar surface area (TPSA) is 112 Å². The maximum absolute atomic E-state index is 11.0. The molecule has 0 radical (unpaired) electrons. The summed E-state index contributed by atoms with van der Waals surface area (Å²) in [7, 11) is 0. The second-order valence-electron chi connectivity index (χ2n) is 3.73. The van der Waals surface area contributed by atoms with Crippen LogP contribution in [0.5, 0.6) is 0 Å². The van der Waals surface area contributed by atoms with E-state index in [1.807, 2.05) is 0 Å². The highest BCUT2D eigenvalue weighted by molar-refractivity contribution is 5.93. The molecule has 0 fully saturated rings. The van der Waals surface area contributed by atoms with Gasteiger partial charge in [-0.1, -0.05) is 0 Å². The molecule has 0 saturated heterocycles. The summed E-state index contributed by atoms with van der Waals surface area (Å²) in [5, 5.41) is 0. The minimum atomic E-state index is -0.642. The number of nitrogens with two attached hydrogens (primary N) is 2. The number of primary amides is 2. The van der Waals surface area contributed by atoms with Gasteiger partial charge in [0.2, 0.25) is 11.8 Å². The summed E-state index contributed by atoms with van der Waals surface area (Å²) >= 11 is 0. The Balaban J connectivity index is 2.40. The molecule has 2 amide bonds. The van der Waals surface area contributed by atoms with E-state index in [9.17, 15) is 9.59 Å². The van der Waals surface area contributed by atoms with Crippen LogP contribution < -0.4 is 11.5 Å². The Morgan fingerprint density at radius 1 is 1.11 bits per heavy atom. The van der Waals surface area contributed by atoms with Crippen LogP contribution in [0.4, 0.5) is 0 Å². The van der Waals surface area contributed by atoms with E-state index >= 15 is 0 Å². The van der Waals surface area contributed by atoms with Gasteiger partial charge >= 0.3 is 0 Å². The fourth-order valence-electron chi connectivity index (χ4n) is 1.53. The van der Waals surface area contributed by atoms with Crippen molar-refractivity contribution in [3.05, 3.63) is 41.3 Å². The molecule has 1 heterocycles. The maximum atomic E-state index is 11.0. The molecule has 6 nitrogen and oxygen atoms in total. The molecule has 0 aliphatic rings. The number of aromatic nitrogens is 1. The first-order valence-electron chi connectivity index (χ1n) is 5.16. The highest BCUT2D eigenvalue weighted by atomic mass is 16.4. The van der Waals surface area contributed by atoms with Gasteiger partial charge in [-0.05, 0) is 31.2 Å². The van der Waals surface area contributed by atoms with E-state index in [4.69, 9.17) is 15.9 Å². The van der Waals surface area contributed by atoms with Gasteiger partial charge in [-0.2, -0.15) is 0 Å². The quantitative estimate of drug-likeness (QED) is 0.834. The fourth-order valence-corrected chi connectivity index (χ4v) is 1.53. The molecule has 18 heavy (non-hydrogen) atoms. The standard InChI is InChI=1S/C12H11N3O3/c1-6-9(11(14)17)15-12(18-6)8-4-2-7(3-5-8)10(13)16/h2-5H,1H3,(H2,13,16)(H2,14,17). The monoisotopic (exact) mass is 245 g/mol. The molecule has 0 aliphatic carbocycles. The molecule has 0 saturated carbocycles. The molecule has 0 aliphatic heterocycles. The Morgan fingerprint density at radius 2 is 1.72 bits per heavy atom. The first kappa shape index (κ1) is 11.8. The average Bonchev–Trinajstić information content (AvgIpc) is 2.71. The van der Waals surface area contributed by atoms with Crippen molar-refractivity contribution < 1.29 is 14.0 Å². The summed E-state index contributed by atoms with van der Waals surface area (Å²) in [6.07, 6.45) is 0. The Hall–Kier alpha value is -2.63. The second-order valence-corrected chi connectivity index (χ2v) is 3.73. The lowest BCUT2D eigenvalue weighted by Gasteiger charge is -1.97. The molecule has 0 atom stereocenters. The minimum Gasteiger partial charge on any atom is -0.441 e. The molecular weight excluding hydrogens is 234 g/mol. The smallest absolute Gasteiger partial charge is 0.270 e. The lowest BCUT2D eigenvalue weighted by molar-refractivity contribution is 0.0988. The van der Waals surface area contributed by atoms with E-state index in [0.717, 1.165) is 0 Å². The van der Waals surface area contributed by atoms with Crippen LogP contribution in [0.3, 0.4) is 0 Å². The first-order chi connectivity index (χ1) is 8.49. The zero-order valence-electron chi connectivity index (χ0n) is 9.64. The predicted molar refractivity (Wildman–Crippen MR) is 63.7 cm³/mol. The maximum Gasteiger partial charge on any atom is 0.270 e. The van der Waals surface area contributed by atoms with Gasteiger partial charge in [0.25, 0.3) is 5.91 Å². The molecule has 0 unspecified atom stereocenters. The Labute approximate surface area is 103 Å². The van der Waals surface area contributed by atoms with Crippen LogP contribution >= 0.6 is 0 Å². The number of hydrogen-bond donors (Lipinski definition) is 2. The number of carbonyl (C=O) groups excluding carboxylic acids is 2. The van der Waals surface area contributed by atoms with E-state index in [-0.39, 0.29) is 11.6 Å². The number of nitrogens with zero attached hydrogens (tertiary/aromatic N) is 1. The highest BCUT2D eigenvalue weighted by Gasteiger charge is 2.15. The minimum absolute atomic E-state index is 0.101. The third kappa shape index (κ3) is 2.08. The van der Waals surface area contributed by atoms with Gasteiger partial charge < -0.3 is 15.9 Å². The Kier molecular flexibility index (Phi) is 2.85. The van der Waals surface area contributed by atoms with E-state index in [2.05, 4.69) is 4.98 Å². The van der Waals surface area contributed by atoms with Crippen LogP contribution in [0.25, 0.3) is 11.5 Å². The number of benzene rings is 1. The molecule has 4 N–H and O–H groups in total. The molecule has 1 aromatic heterocycles. The molecule has 0 bridgehead atoms. The molecule has 0 spiro atoms. The van der Waals surface area contributed by atoms with Crippen LogP contribution in [0.1, 0.15) is 26.6 Å². The first-order valence-corrected chi connectivity index (χ1v) is 5.16. The molecule has 2 rings (SSSR count). The van der Waals surface area contributed by atoms with Crippen molar-refractivity contribution in [2.75, 3.05) is 0 Å². The van der Waals surface area contributed by atoms with Gasteiger partial charge in [-0.25, -0.2) is 4.98 Å². The van der Waals surface area contributed by atoms with Crippen molar-refractivity contribution in [2.45, 2.75) is 6.92 Å². The number of oxazole rings is 1. The highest BCUT2D eigenvalue weighted by Crippen LogP contribution is 2.21. The van der Waals surface area contributed by atoms with Crippen molar-refractivity contribution in [2.24, 2.45) is 11.5 Å². The van der Waals surface area contributed by atoms with Crippen LogP contribution in [0, 0.1) is 6.92 Å². The van der Waals surface area contributed by atoms with Gasteiger partial charge in [0.1, 0.15) is 5.76 Å². The van der Waals surface area contributed by atoms with E-state index in [1.165, 1.54) is 0 Å². The number of aryl methyl sites for hydroxylation is 1. The third-order valence-electron chi connectivity index (χ3n) is 2.45. The molecule has 2 aromatic rings. The van der Waals surface area contributed by atoms with Gasteiger partial charge in [0.05, 0.1) is 0 Å². The third-order valence-corrected chi connectivity index (χ3v) is 2.45. The average molecular weight is 245 g/mol. The van der Waals surface area contributed by atoms with Crippen molar-refractivity contribution in [3.63, 3.8) is 0 Å². The fraction of sp³-hybridized carbons (Fsp3) is 0.0833. The van der Waals surface area contributed by atoms with Crippen molar-refractivity contribution in [3.8, 4) is 11.5 Å². The van der Waals surface area contributed by atoms with Crippen LogP contribution in [-0.2, 0) is 0 Å². The Bertz CT molecular complexity index is 614. The van der Waals surface area contributed by atoms with Gasteiger partial charge in [-0.15, -0.1) is 0 Å². The van der Waals surface area contributed by atoms with Crippen molar-refractivity contribution in [1.29, 1.82) is 0 Å². The summed E-state index contributed by atoms with van der Waals surface area (Å²) in [6, 6.07) is 6.38. The second kappa shape index (κ2) is 4.33. The van der Waals surface area contributed by atoms with E-state index < -0.39 is 11.8 Å². The van der Waals surface area contributed by atoms with Crippen LogP contribution in [0.2, 0.25) is 0 Å². The van der Waals surface area contributed by atoms with Crippen LogP contribution in [0.15, 0.2) is 28.7 Å². The number of amides is 2. The van der Waals surface area contributed by atoms with Gasteiger partial charge in [0, 0.05) is 11.1 Å². The van der Waals surface area contributed by atoms with Crippen molar-refractivity contribution in [1.82, 2.24) is 4.98 Å². The van der Waals surface area contributed by atoms with Gasteiger partial charge in [-0.3, -0.25) is 9.59 Å².